The highest BCUT2D eigenvalue weighted by Crippen LogP contribution is 2.34. The molecule has 27 heavy (non-hydrogen) atoms. The van der Waals surface area contributed by atoms with Crippen LogP contribution in [0.3, 0.4) is 0 Å². The van der Waals surface area contributed by atoms with Gasteiger partial charge in [-0.1, -0.05) is 41.5 Å². The molecule has 0 bridgehead atoms. The van der Waals surface area contributed by atoms with Gasteiger partial charge < -0.3 is 0 Å². The molecule has 1 nitrogen and oxygen atoms in total. The molecule has 0 aliphatic carbocycles. The Morgan fingerprint density at radius 3 is 2.44 bits per heavy atom. The van der Waals surface area contributed by atoms with Crippen molar-refractivity contribution in [2.75, 3.05) is 13.6 Å². The summed E-state index contributed by atoms with van der Waals surface area (Å²) >= 11 is 0. The Kier molecular flexibility index (Phi) is 6.49. The lowest BCUT2D eigenvalue weighted by Gasteiger charge is -2.34. The van der Waals surface area contributed by atoms with Crippen molar-refractivity contribution in [3.8, 4) is 0 Å². The molecule has 0 aromatic heterocycles. The van der Waals surface area contributed by atoms with Crippen LogP contribution >= 0.6 is 0 Å². The maximum absolute atomic E-state index is 13.0. The summed E-state index contributed by atoms with van der Waals surface area (Å²) in [6, 6.07) is 14.3. The van der Waals surface area contributed by atoms with Crippen LogP contribution in [0.4, 0.5) is 4.39 Å². The minimum atomic E-state index is -0.154. The second kappa shape index (κ2) is 8.84. The lowest BCUT2D eigenvalue weighted by molar-refractivity contribution is 0.294. The largest absolute Gasteiger partial charge is 0.299 e. The molecule has 0 spiro atoms. The van der Waals surface area contributed by atoms with Gasteiger partial charge in [-0.15, -0.1) is 0 Å². The molecule has 0 amide bonds. The molecule has 1 heterocycles. The van der Waals surface area contributed by atoms with Crippen LogP contribution in [-0.4, -0.2) is 24.5 Å². The average molecular weight is 366 g/mol. The predicted molar refractivity (Wildman–Crippen MR) is 114 cm³/mol. The SMILES string of the molecule is CC1=C(c2cc(C)ccc2CCCCc2ccc(F)cc2)[C@@H](C)N(C)CC1. The van der Waals surface area contributed by atoms with Crippen molar-refractivity contribution in [1.29, 1.82) is 0 Å². The number of rotatable bonds is 6. The summed E-state index contributed by atoms with van der Waals surface area (Å²) in [5, 5.41) is 0. The highest BCUT2D eigenvalue weighted by atomic mass is 19.1. The first-order valence-electron chi connectivity index (χ1n) is 10.2. The number of likely N-dealkylation sites (N-methyl/N-ethyl adjacent to an activating group) is 1. The minimum Gasteiger partial charge on any atom is -0.299 e. The van der Waals surface area contributed by atoms with Gasteiger partial charge in [0.1, 0.15) is 5.82 Å². The molecule has 0 saturated heterocycles. The Morgan fingerprint density at radius 1 is 1.00 bits per heavy atom. The van der Waals surface area contributed by atoms with Gasteiger partial charge in [0.05, 0.1) is 0 Å². The van der Waals surface area contributed by atoms with Gasteiger partial charge in [-0.3, -0.25) is 4.90 Å². The van der Waals surface area contributed by atoms with Gasteiger partial charge in [0.15, 0.2) is 0 Å². The van der Waals surface area contributed by atoms with Gasteiger partial charge in [0.2, 0.25) is 0 Å². The summed E-state index contributed by atoms with van der Waals surface area (Å²) in [7, 11) is 2.23. The summed E-state index contributed by atoms with van der Waals surface area (Å²) in [5.41, 5.74) is 8.55. The fourth-order valence-electron chi connectivity index (χ4n) is 4.16. The molecule has 2 aromatic rings. The van der Waals surface area contributed by atoms with Crippen LogP contribution in [0.1, 0.15) is 55.4 Å². The second-order valence-corrected chi connectivity index (χ2v) is 8.09. The number of benzene rings is 2. The molecular formula is C25H32FN. The number of nitrogens with zero attached hydrogens (tertiary/aromatic N) is 1. The van der Waals surface area contributed by atoms with Crippen molar-refractivity contribution >= 4 is 5.57 Å². The third kappa shape index (κ3) is 4.87. The van der Waals surface area contributed by atoms with Crippen molar-refractivity contribution < 1.29 is 4.39 Å². The van der Waals surface area contributed by atoms with Crippen LogP contribution < -0.4 is 0 Å². The molecule has 1 aliphatic rings. The Morgan fingerprint density at radius 2 is 1.70 bits per heavy atom. The Bertz CT molecular complexity index is 804. The van der Waals surface area contributed by atoms with E-state index in [1.54, 1.807) is 17.7 Å². The summed E-state index contributed by atoms with van der Waals surface area (Å²) in [4.78, 5) is 2.46. The molecule has 2 heteroatoms. The molecule has 0 saturated carbocycles. The molecular weight excluding hydrogens is 333 g/mol. The number of aryl methyl sites for hydroxylation is 3. The fraction of sp³-hybridized carbons (Fsp3) is 0.440. The van der Waals surface area contributed by atoms with Crippen molar-refractivity contribution in [3.05, 3.63) is 76.1 Å². The predicted octanol–water partition coefficient (Wildman–Crippen LogP) is 6.20. The second-order valence-electron chi connectivity index (χ2n) is 8.09. The quantitative estimate of drug-likeness (QED) is 0.551. The van der Waals surface area contributed by atoms with E-state index in [1.807, 2.05) is 12.1 Å². The van der Waals surface area contributed by atoms with Crippen molar-refractivity contribution in [3.63, 3.8) is 0 Å². The van der Waals surface area contributed by atoms with E-state index in [9.17, 15) is 4.39 Å². The number of halogens is 1. The Labute approximate surface area is 163 Å². The van der Waals surface area contributed by atoms with Crippen molar-refractivity contribution in [1.82, 2.24) is 4.90 Å². The fourth-order valence-corrected chi connectivity index (χ4v) is 4.16. The third-order valence-corrected chi connectivity index (χ3v) is 6.01. The van der Waals surface area contributed by atoms with Crippen molar-refractivity contribution in [2.45, 2.75) is 58.9 Å². The van der Waals surface area contributed by atoms with Gasteiger partial charge in [0.25, 0.3) is 0 Å². The number of unbranched alkanes of at least 4 members (excludes halogenated alkanes) is 1. The maximum atomic E-state index is 13.0. The summed E-state index contributed by atoms with van der Waals surface area (Å²) < 4.78 is 13.0. The molecule has 3 rings (SSSR count). The van der Waals surface area contributed by atoms with Crippen molar-refractivity contribution in [2.24, 2.45) is 0 Å². The van der Waals surface area contributed by atoms with Crippen LogP contribution in [0.25, 0.3) is 5.57 Å². The molecule has 2 aromatic carbocycles. The van der Waals surface area contributed by atoms with E-state index < -0.39 is 0 Å². The molecule has 0 radical (unpaired) electrons. The Hall–Kier alpha value is -1.93. The molecule has 1 atom stereocenters. The first-order valence-corrected chi connectivity index (χ1v) is 10.2. The Balaban J connectivity index is 1.72. The maximum Gasteiger partial charge on any atom is 0.123 e. The van der Waals surface area contributed by atoms with E-state index >= 15 is 0 Å². The first-order chi connectivity index (χ1) is 13.0. The van der Waals surface area contributed by atoms with E-state index in [2.05, 4.69) is 50.9 Å². The molecule has 0 fully saturated rings. The monoisotopic (exact) mass is 365 g/mol. The van der Waals surface area contributed by atoms with E-state index in [0.717, 1.165) is 38.6 Å². The zero-order chi connectivity index (χ0) is 19.4. The van der Waals surface area contributed by atoms with Crippen LogP contribution in [0, 0.1) is 12.7 Å². The molecule has 1 aliphatic heterocycles. The van der Waals surface area contributed by atoms with Crippen LogP contribution in [0.15, 0.2) is 48.0 Å². The van der Waals surface area contributed by atoms with Crippen LogP contribution in [0.5, 0.6) is 0 Å². The standard InChI is InChI=1S/C25H32FN/c1-18-9-12-22(8-6-5-7-21-10-13-23(26)14-11-21)24(17-18)25-19(2)15-16-27(4)20(25)3/h9-14,17,20H,5-8,15-16H2,1-4H3/t20-/m1/s1. The lowest BCUT2D eigenvalue weighted by atomic mass is 9.85. The molecule has 0 unspecified atom stereocenters. The topological polar surface area (TPSA) is 3.24 Å². The number of hydrogen-bond donors (Lipinski definition) is 0. The number of hydrogen-bond acceptors (Lipinski definition) is 1. The summed E-state index contributed by atoms with van der Waals surface area (Å²) in [6.07, 6.45) is 5.57. The highest BCUT2D eigenvalue weighted by Gasteiger charge is 2.24. The lowest BCUT2D eigenvalue weighted by Crippen LogP contribution is -2.35. The highest BCUT2D eigenvalue weighted by molar-refractivity contribution is 5.75. The normalized spacial score (nSPS) is 18.2. The van der Waals surface area contributed by atoms with Gasteiger partial charge in [-0.25, -0.2) is 4.39 Å². The van der Waals surface area contributed by atoms with E-state index in [4.69, 9.17) is 0 Å². The van der Waals surface area contributed by atoms with Gasteiger partial charge in [-0.05, 0) is 94.3 Å². The van der Waals surface area contributed by atoms with E-state index in [1.165, 1.54) is 27.8 Å². The summed E-state index contributed by atoms with van der Waals surface area (Å²) in [5.74, 6) is -0.154. The zero-order valence-electron chi connectivity index (χ0n) is 17.2. The van der Waals surface area contributed by atoms with Crippen LogP contribution in [-0.2, 0) is 12.8 Å². The van der Waals surface area contributed by atoms with E-state index in [0.29, 0.717) is 6.04 Å². The zero-order valence-corrected chi connectivity index (χ0v) is 17.2. The third-order valence-electron chi connectivity index (χ3n) is 6.01. The summed E-state index contributed by atoms with van der Waals surface area (Å²) in [6.45, 7) is 7.97. The first kappa shape index (κ1) is 19.8. The van der Waals surface area contributed by atoms with Gasteiger partial charge in [-0.2, -0.15) is 0 Å². The average Bonchev–Trinajstić information content (AvgIpc) is 2.65. The van der Waals surface area contributed by atoms with Crippen LogP contribution in [0.2, 0.25) is 0 Å². The van der Waals surface area contributed by atoms with Gasteiger partial charge >= 0.3 is 0 Å². The minimum absolute atomic E-state index is 0.154. The van der Waals surface area contributed by atoms with E-state index in [-0.39, 0.29) is 5.82 Å². The smallest absolute Gasteiger partial charge is 0.123 e. The van der Waals surface area contributed by atoms with Gasteiger partial charge in [0, 0.05) is 12.6 Å². The molecule has 144 valence electrons. The molecule has 0 N–H and O–H groups in total.